The van der Waals surface area contributed by atoms with Gasteiger partial charge in [-0.2, -0.15) is 0 Å². The van der Waals surface area contributed by atoms with Gasteiger partial charge in [-0.25, -0.2) is 0 Å². The third-order valence-corrected chi connectivity index (χ3v) is 1.58. The summed E-state index contributed by atoms with van der Waals surface area (Å²) in [6.45, 7) is 6.04. The zero-order chi connectivity index (χ0) is 9.19. The van der Waals surface area contributed by atoms with E-state index in [1.165, 1.54) is 0 Å². The van der Waals surface area contributed by atoms with E-state index in [9.17, 15) is 0 Å². The van der Waals surface area contributed by atoms with E-state index in [4.69, 9.17) is 19.3 Å². The van der Waals surface area contributed by atoms with Crippen molar-refractivity contribution in [1.29, 1.82) is 0 Å². The summed E-state index contributed by atoms with van der Waals surface area (Å²) >= 11 is 0. The van der Waals surface area contributed by atoms with Gasteiger partial charge in [-0.05, 0) is 13.8 Å². The highest BCUT2D eigenvalue weighted by Crippen LogP contribution is 2.24. The molecule has 0 aliphatic carbocycles. The van der Waals surface area contributed by atoms with E-state index in [0.29, 0.717) is 6.61 Å². The first kappa shape index (κ1) is 9.92. The number of hydrogen-bond donors (Lipinski definition) is 1. The van der Waals surface area contributed by atoms with Crippen molar-refractivity contribution in [3.8, 4) is 0 Å². The molecule has 1 rings (SSSR count). The van der Waals surface area contributed by atoms with Crippen molar-refractivity contribution in [1.82, 2.24) is 0 Å². The van der Waals surface area contributed by atoms with E-state index in [1.807, 2.05) is 6.92 Å². The fourth-order valence-electron chi connectivity index (χ4n) is 1.05. The standard InChI is InChI=1S/C8H16O4/c1-6(9)4-10-8(3)11-5-7(2)12-8/h6-7,9H,4-5H2,1-3H3. The SMILES string of the molecule is CC(O)COC1(C)OCC(C)O1. The molecule has 4 heteroatoms. The van der Waals surface area contributed by atoms with Gasteiger partial charge in [0.15, 0.2) is 0 Å². The minimum Gasteiger partial charge on any atom is -0.391 e. The molecule has 4 nitrogen and oxygen atoms in total. The fraction of sp³-hybridized carbons (Fsp3) is 1.00. The Hall–Kier alpha value is -0.160. The molecule has 0 spiro atoms. The molecule has 1 heterocycles. The minimum absolute atomic E-state index is 0.0593. The van der Waals surface area contributed by atoms with E-state index >= 15 is 0 Å². The van der Waals surface area contributed by atoms with Gasteiger partial charge in [0.25, 0.3) is 5.97 Å². The second kappa shape index (κ2) is 3.70. The van der Waals surface area contributed by atoms with Gasteiger partial charge in [-0.15, -0.1) is 0 Å². The Kier molecular flexibility index (Phi) is 3.06. The topological polar surface area (TPSA) is 47.9 Å². The van der Waals surface area contributed by atoms with E-state index in [-0.39, 0.29) is 12.7 Å². The number of rotatable bonds is 3. The Bertz CT molecular complexity index is 148. The summed E-state index contributed by atoms with van der Waals surface area (Å²) in [5.74, 6) is -0.962. The highest BCUT2D eigenvalue weighted by molar-refractivity contribution is 4.63. The van der Waals surface area contributed by atoms with Crippen LogP contribution in [0.3, 0.4) is 0 Å². The molecule has 1 fully saturated rings. The van der Waals surface area contributed by atoms with E-state index in [0.717, 1.165) is 0 Å². The quantitative estimate of drug-likeness (QED) is 0.680. The molecule has 0 aromatic heterocycles. The molecule has 3 atom stereocenters. The molecule has 1 N–H and O–H groups in total. The molecule has 0 bridgehead atoms. The van der Waals surface area contributed by atoms with E-state index in [2.05, 4.69) is 0 Å². The first-order chi connectivity index (χ1) is 5.52. The fourth-order valence-corrected chi connectivity index (χ4v) is 1.05. The van der Waals surface area contributed by atoms with Crippen molar-refractivity contribution in [3.63, 3.8) is 0 Å². The smallest absolute Gasteiger partial charge is 0.280 e. The Morgan fingerprint density at radius 1 is 1.75 bits per heavy atom. The molecule has 0 amide bonds. The van der Waals surface area contributed by atoms with Gasteiger partial charge in [-0.3, -0.25) is 0 Å². The maximum absolute atomic E-state index is 8.96. The number of aliphatic hydroxyl groups excluding tert-OH is 1. The second-order valence-corrected chi connectivity index (χ2v) is 3.26. The molecular formula is C8H16O4. The van der Waals surface area contributed by atoms with Crippen LogP contribution in [-0.2, 0) is 14.2 Å². The molecule has 3 unspecified atom stereocenters. The van der Waals surface area contributed by atoms with Crippen molar-refractivity contribution in [2.75, 3.05) is 13.2 Å². The molecule has 1 aliphatic rings. The van der Waals surface area contributed by atoms with Gasteiger partial charge in [0, 0.05) is 6.92 Å². The Morgan fingerprint density at radius 3 is 2.83 bits per heavy atom. The van der Waals surface area contributed by atoms with Crippen molar-refractivity contribution >= 4 is 0 Å². The highest BCUT2D eigenvalue weighted by atomic mass is 16.9. The summed E-state index contributed by atoms with van der Waals surface area (Å²) < 4.78 is 15.8. The minimum atomic E-state index is -0.962. The van der Waals surface area contributed by atoms with Crippen molar-refractivity contribution in [2.24, 2.45) is 0 Å². The maximum Gasteiger partial charge on any atom is 0.280 e. The zero-order valence-corrected chi connectivity index (χ0v) is 7.74. The lowest BCUT2D eigenvalue weighted by Crippen LogP contribution is -2.33. The van der Waals surface area contributed by atoms with Crippen molar-refractivity contribution < 1.29 is 19.3 Å². The van der Waals surface area contributed by atoms with E-state index < -0.39 is 12.1 Å². The van der Waals surface area contributed by atoms with Crippen LogP contribution >= 0.6 is 0 Å². The first-order valence-electron chi connectivity index (χ1n) is 4.15. The van der Waals surface area contributed by atoms with Crippen LogP contribution in [0.1, 0.15) is 20.8 Å². The van der Waals surface area contributed by atoms with Crippen LogP contribution < -0.4 is 0 Å². The average Bonchev–Trinajstić information content (AvgIpc) is 2.29. The first-order valence-corrected chi connectivity index (χ1v) is 4.15. The second-order valence-electron chi connectivity index (χ2n) is 3.26. The largest absolute Gasteiger partial charge is 0.391 e. The molecular weight excluding hydrogens is 160 g/mol. The van der Waals surface area contributed by atoms with Crippen molar-refractivity contribution in [3.05, 3.63) is 0 Å². The molecule has 1 saturated heterocycles. The molecule has 1 aliphatic heterocycles. The molecule has 0 saturated carbocycles. The van der Waals surface area contributed by atoms with Crippen LogP contribution in [0.4, 0.5) is 0 Å². The summed E-state index contributed by atoms with van der Waals surface area (Å²) in [7, 11) is 0. The molecule has 0 radical (unpaired) electrons. The normalized spacial score (nSPS) is 38.5. The zero-order valence-electron chi connectivity index (χ0n) is 7.74. The molecule has 0 aromatic rings. The van der Waals surface area contributed by atoms with Crippen LogP contribution in [0, 0.1) is 0 Å². The summed E-state index contributed by atoms with van der Waals surface area (Å²) in [5, 5.41) is 8.96. The molecule has 72 valence electrons. The van der Waals surface area contributed by atoms with Gasteiger partial charge in [0.1, 0.15) is 0 Å². The predicted molar refractivity (Wildman–Crippen MR) is 42.5 cm³/mol. The van der Waals surface area contributed by atoms with Crippen LogP contribution in [-0.4, -0.2) is 36.5 Å². The maximum atomic E-state index is 8.96. The van der Waals surface area contributed by atoms with Gasteiger partial charge in [0.2, 0.25) is 0 Å². The summed E-state index contributed by atoms with van der Waals surface area (Å²) in [5.41, 5.74) is 0. The van der Waals surface area contributed by atoms with Gasteiger partial charge in [-0.1, -0.05) is 0 Å². The van der Waals surface area contributed by atoms with Crippen LogP contribution in [0.5, 0.6) is 0 Å². The predicted octanol–water partition coefficient (Wildman–Crippen LogP) is 0.493. The van der Waals surface area contributed by atoms with Gasteiger partial charge in [0.05, 0.1) is 25.4 Å². The number of ether oxygens (including phenoxy) is 3. The summed E-state index contributed by atoms with van der Waals surface area (Å²) in [4.78, 5) is 0. The summed E-state index contributed by atoms with van der Waals surface area (Å²) in [6.07, 6.45) is -0.436. The Morgan fingerprint density at radius 2 is 2.42 bits per heavy atom. The third-order valence-electron chi connectivity index (χ3n) is 1.58. The average molecular weight is 176 g/mol. The highest BCUT2D eigenvalue weighted by Gasteiger charge is 2.36. The van der Waals surface area contributed by atoms with Crippen LogP contribution in [0.25, 0.3) is 0 Å². The van der Waals surface area contributed by atoms with E-state index in [1.54, 1.807) is 13.8 Å². The molecule has 0 aromatic carbocycles. The van der Waals surface area contributed by atoms with Crippen LogP contribution in [0.15, 0.2) is 0 Å². The van der Waals surface area contributed by atoms with Gasteiger partial charge >= 0.3 is 0 Å². The van der Waals surface area contributed by atoms with Crippen molar-refractivity contribution in [2.45, 2.75) is 39.0 Å². The lowest BCUT2D eigenvalue weighted by molar-refractivity contribution is -0.329. The Balaban J connectivity index is 2.30. The lowest BCUT2D eigenvalue weighted by Gasteiger charge is -2.23. The number of hydrogen-bond acceptors (Lipinski definition) is 4. The molecule has 12 heavy (non-hydrogen) atoms. The van der Waals surface area contributed by atoms with Crippen LogP contribution in [0.2, 0.25) is 0 Å². The van der Waals surface area contributed by atoms with Gasteiger partial charge < -0.3 is 19.3 Å². The summed E-state index contributed by atoms with van der Waals surface area (Å²) in [6, 6.07) is 0. The third kappa shape index (κ3) is 2.71. The lowest BCUT2D eigenvalue weighted by atomic mass is 10.4. The number of aliphatic hydroxyl groups is 1. The Labute approximate surface area is 72.4 Å². The monoisotopic (exact) mass is 176 g/mol.